The summed E-state index contributed by atoms with van der Waals surface area (Å²) in [7, 11) is 0. The van der Waals surface area contributed by atoms with Crippen molar-refractivity contribution in [3.63, 3.8) is 0 Å². The Morgan fingerprint density at radius 3 is 1.09 bits per heavy atom. The van der Waals surface area contributed by atoms with Crippen LogP contribution < -0.4 is 4.74 Å². The minimum absolute atomic E-state index is 0.913. The molecule has 0 aliphatic carbocycles. The van der Waals surface area contributed by atoms with Crippen LogP contribution in [0.4, 0.5) is 0 Å². The lowest BCUT2D eigenvalue weighted by Crippen LogP contribution is -1.95. The van der Waals surface area contributed by atoms with E-state index in [2.05, 4.69) is 113 Å². The van der Waals surface area contributed by atoms with E-state index >= 15 is 0 Å². The lowest BCUT2D eigenvalue weighted by Gasteiger charge is -2.18. The number of hydrogen-bond acceptors (Lipinski definition) is 1. The fraction of sp³-hybridized carbons (Fsp3) is 0.125. The normalized spacial score (nSPS) is 11.6. The molecule has 6 rings (SSSR count). The number of aryl methyl sites for hydroxylation is 4. The van der Waals surface area contributed by atoms with Gasteiger partial charge in [0.15, 0.2) is 0 Å². The molecule has 0 aliphatic heterocycles. The number of benzene rings is 6. The molecule has 0 heterocycles. The third-order valence-corrected chi connectivity index (χ3v) is 7.30. The quantitative estimate of drug-likeness (QED) is 0.251. The zero-order chi connectivity index (χ0) is 22.7. The van der Waals surface area contributed by atoms with Gasteiger partial charge in [-0.05, 0) is 94.4 Å². The summed E-state index contributed by atoms with van der Waals surface area (Å²) in [6.45, 7) is 8.85. The fourth-order valence-corrected chi connectivity index (χ4v) is 5.58. The monoisotopic (exact) mass is 426 g/mol. The largest absolute Gasteiger partial charge is 0.456 e. The van der Waals surface area contributed by atoms with E-state index in [1.165, 1.54) is 65.3 Å². The van der Waals surface area contributed by atoms with Crippen LogP contribution in [0.3, 0.4) is 0 Å². The maximum Gasteiger partial charge on any atom is 0.135 e. The highest BCUT2D eigenvalue weighted by Gasteiger charge is 2.16. The molecule has 33 heavy (non-hydrogen) atoms. The Labute approximate surface area is 194 Å². The molecular weight excluding hydrogens is 400 g/mol. The Morgan fingerprint density at radius 2 is 0.697 bits per heavy atom. The summed E-state index contributed by atoms with van der Waals surface area (Å²) in [5.74, 6) is 1.83. The van der Waals surface area contributed by atoms with Gasteiger partial charge in [-0.25, -0.2) is 0 Å². The van der Waals surface area contributed by atoms with Crippen molar-refractivity contribution >= 4 is 43.1 Å². The Hall–Kier alpha value is -3.84. The summed E-state index contributed by atoms with van der Waals surface area (Å²) < 4.78 is 6.77. The van der Waals surface area contributed by atoms with Crippen LogP contribution in [0.5, 0.6) is 11.5 Å². The predicted molar refractivity (Wildman–Crippen MR) is 142 cm³/mol. The van der Waals surface area contributed by atoms with Crippen molar-refractivity contribution in [2.45, 2.75) is 27.7 Å². The van der Waals surface area contributed by atoms with Crippen LogP contribution in [0.2, 0.25) is 0 Å². The van der Waals surface area contributed by atoms with Crippen molar-refractivity contribution in [3.8, 4) is 11.5 Å². The lowest BCUT2D eigenvalue weighted by molar-refractivity contribution is 0.494. The van der Waals surface area contributed by atoms with Crippen molar-refractivity contribution in [3.05, 3.63) is 107 Å². The third kappa shape index (κ3) is 2.85. The molecule has 0 atom stereocenters. The second-order valence-corrected chi connectivity index (χ2v) is 9.05. The first-order valence-electron chi connectivity index (χ1n) is 11.6. The zero-order valence-electron chi connectivity index (χ0n) is 19.5. The van der Waals surface area contributed by atoms with E-state index in [0.717, 1.165) is 11.5 Å². The molecule has 6 aromatic carbocycles. The number of fused-ring (bicyclic) bond motifs is 4. The second-order valence-electron chi connectivity index (χ2n) is 9.05. The van der Waals surface area contributed by atoms with Gasteiger partial charge in [0.05, 0.1) is 0 Å². The second kappa shape index (κ2) is 7.35. The maximum atomic E-state index is 6.77. The van der Waals surface area contributed by atoms with Gasteiger partial charge in [0.2, 0.25) is 0 Å². The van der Waals surface area contributed by atoms with E-state index < -0.39 is 0 Å². The van der Waals surface area contributed by atoms with Crippen LogP contribution in [0.25, 0.3) is 43.1 Å². The van der Waals surface area contributed by atoms with Crippen LogP contribution in [0, 0.1) is 27.7 Å². The molecule has 0 bridgehead atoms. The van der Waals surface area contributed by atoms with Gasteiger partial charge in [-0.2, -0.15) is 0 Å². The molecule has 0 aliphatic rings. The van der Waals surface area contributed by atoms with Crippen molar-refractivity contribution < 1.29 is 4.74 Å². The summed E-state index contributed by atoms with van der Waals surface area (Å²) in [5, 5.41) is 10.1. The van der Waals surface area contributed by atoms with E-state index in [-0.39, 0.29) is 0 Å². The molecule has 0 unspecified atom stereocenters. The van der Waals surface area contributed by atoms with Gasteiger partial charge >= 0.3 is 0 Å². The number of ether oxygens (including phenoxy) is 1. The SMILES string of the molecule is Cc1c2ccccc2c(C)c2c(Oc3cccc4c(C)c5ccccc5c(C)c34)cccc12. The molecule has 0 radical (unpaired) electrons. The van der Waals surface area contributed by atoms with E-state index in [1.54, 1.807) is 0 Å². The molecule has 0 amide bonds. The van der Waals surface area contributed by atoms with Crippen molar-refractivity contribution in [1.29, 1.82) is 0 Å². The van der Waals surface area contributed by atoms with Crippen LogP contribution in [-0.4, -0.2) is 0 Å². The smallest absolute Gasteiger partial charge is 0.135 e. The number of hydrogen-bond donors (Lipinski definition) is 0. The first-order chi connectivity index (χ1) is 16.1. The highest BCUT2D eigenvalue weighted by Crippen LogP contribution is 2.42. The summed E-state index contributed by atoms with van der Waals surface area (Å²) in [4.78, 5) is 0. The fourth-order valence-electron chi connectivity index (χ4n) is 5.58. The molecule has 0 saturated heterocycles. The average molecular weight is 427 g/mol. The Morgan fingerprint density at radius 1 is 0.364 bits per heavy atom. The molecule has 0 saturated carbocycles. The minimum Gasteiger partial charge on any atom is -0.456 e. The molecule has 0 spiro atoms. The summed E-state index contributed by atoms with van der Waals surface area (Å²) >= 11 is 0. The van der Waals surface area contributed by atoms with Crippen LogP contribution in [0.15, 0.2) is 84.9 Å². The first-order valence-corrected chi connectivity index (χ1v) is 11.6. The van der Waals surface area contributed by atoms with E-state index in [9.17, 15) is 0 Å². The van der Waals surface area contributed by atoms with Gasteiger partial charge in [-0.1, -0.05) is 72.8 Å². The molecule has 1 heteroatoms. The highest BCUT2D eigenvalue weighted by atomic mass is 16.5. The maximum absolute atomic E-state index is 6.77. The summed E-state index contributed by atoms with van der Waals surface area (Å²) in [5.41, 5.74) is 5.13. The Bertz CT molecular complexity index is 1590. The Kier molecular flexibility index (Phi) is 4.41. The van der Waals surface area contributed by atoms with Crippen LogP contribution in [0.1, 0.15) is 22.3 Å². The molecule has 0 N–H and O–H groups in total. The van der Waals surface area contributed by atoms with Gasteiger partial charge < -0.3 is 4.74 Å². The van der Waals surface area contributed by atoms with Crippen molar-refractivity contribution in [1.82, 2.24) is 0 Å². The standard InChI is InChI=1S/C32H26O/c1-19-23-11-5-7-13-25(23)21(3)31-27(19)15-9-17-29(31)33-30-18-10-16-28-20(2)24-12-6-8-14-26(24)22(4)32(28)30/h5-18H,1-4H3. The van der Waals surface area contributed by atoms with Crippen LogP contribution >= 0.6 is 0 Å². The molecule has 0 fully saturated rings. The van der Waals surface area contributed by atoms with E-state index in [1.807, 2.05) is 0 Å². The van der Waals surface area contributed by atoms with Gasteiger partial charge in [0.1, 0.15) is 11.5 Å². The third-order valence-electron chi connectivity index (χ3n) is 7.30. The molecule has 160 valence electrons. The lowest BCUT2D eigenvalue weighted by atomic mass is 9.92. The van der Waals surface area contributed by atoms with Crippen LogP contribution in [-0.2, 0) is 0 Å². The molecule has 1 nitrogen and oxygen atoms in total. The van der Waals surface area contributed by atoms with E-state index in [4.69, 9.17) is 4.74 Å². The zero-order valence-corrected chi connectivity index (χ0v) is 19.5. The van der Waals surface area contributed by atoms with Gasteiger partial charge in [-0.3, -0.25) is 0 Å². The van der Waals surface area contributed by atoms with Crippen molar-refractivity contribution in [2.75, 3.05) is 0 Å². The van der Waals surface area contributed by atoms with Gasteiger partial charge in [0, 0.05) is 10.8 Å². The average Bonchev–Trinajstić information content (AvgIpc) is 2.86. The minimum atomic E-state index is 0.913. The summed E-state index contributed by atoms with van der Waals surface area (Å²) in [6.07, 6.45) is 0. The predicted octanol–water partition coefficient (Wildman–Crippen LogP) is 9.33. The van der Waals surface area contributed by atoms with Gasteiger partial charge in [-0.15, -0.1) is 0 Å². The first kappa shape index (κ1) is 19.8. The highest BCUT2D eigenvalue weighted by molar-refractivity contribution is 6.09. The van der Waals surface area contributed by atoms with Gasteiger partial charge in [0.25, 0.3) is 0 Å². The molecule has 6 aromatic rings. The molecular formula is C32H26O. The van der Waals surface area contributed by atoms with E-state index in [0.29, 0.717) is 0 Å². The number of rotatable bonds is 2. The summed E-state index contributed by atoms with van der Waals surface area (Å²) in [6, 6.07) is 30.2. The topological polar surface area (TPSA) is 9.23 Å². The molecule has 0 aromatic heterocycles. The Balaban J connectivity index is 1.65. The van der Waals surface area contributed by atoms with Crippen molar-refractivity contribution in [2.24, 2.45) is 0 Å².